The Morgan fingerprint density at radius 2 is 2.14 bits per heavy atom. The van der Waals surface area contributed by atoms with E-state index in [1.807, 2.05) is 20.8 Å². The van der Waals surface area contributed by atoms with E-state index < -0.39 is 11.7 Å². The summed E-state index contributed by atoms with van der Waals surface area (Å²) in [5.41, 5.74) is 0.523. The van der Waals surface area contributed by atoms with Crippen molar-refractivity contribution in [3.05, 3.63) is 35.1 Å². The Bertz CT molecular complexity index is 543. The number of hydrogen-bond acceptors (Lipinski definition) is 2. The van der Waals surface area contributed by atoms with Crippen LogP contribution in [0.4, 0.5) is 4.39 Å². The molecule has 0 bridgehead atoms. The van der Waals surface area contributed by atoms with Gasteiger partial charge in [-0.1, -0.05) is 32.6 Å². The highest BCUT2D eigenvalue weighted by Crippen LogP contribution is 2.12. The third kappa shape index (κ3) is 5.20. The number of hydrogen-bond donors (Lipinski definition) is 2. The van der Waals surface area contributed by atoms with Gasteiger partial charge in [-0.05, 0) is 30.5 Å². The number of carbonyl (C=O) groups is 1. The topological polar surface area (TPSA) is 49.3 Å². The fourth-order valence-electron chi connectivity index (χ4n) is 1.98. The molecule has 0 aliphatic heterocycles. The molecule has 0 aliphatic rings. The number of halogens is 1. The highest BCUT2D eigenvalue weighted by molar-refractivity contribution is 5.94. The van der Waals surface area contributed by atoms with Gasteiger partial charge < -0.3 is 10.4 Å². The second-order valence-corrected chi connectivity index (χ2v) is 5.20. The summed E-state index contributed by atoms with van der Waals surface area (Å²) < 4.78 is 14.0. The summed E-state index contributed by atoms with van der Waals surface area (Å²) in [5, 5.41) is 11.5. The Labute approximate surface area is 125 Å². The van der Waals surface area contributed by atoms with Crippen LogP contribution >= 0.6 is 0 Å². The molecule has 0 spiro atoms. The van der Waals surface area contributed by atoms with Crippen LogP contribution in [0, 0.1) is 23.6 Å². The molecule has 1 unspecified atom stereocenters. The fraction of sp³-hybridized carbons (Fsp3) is 0.471. The zero-order chi connectivity index (χ0) is 15.8. The summed E-state index contributed by atoms with van der Waals surface area (Å²) in [7, 11) is 0. The molecule has 1 aromatic carbocycles. The molecule has 21 heavy (non-hydrogen) atoms. The third-order valence-electron chi connectivity index (χ3n) is 3.24. The first-order valence-corrected chi connectivity index (χ1v) is 7.19. The van der Waals surface area contributed by atoms with E-state index in [1.165, 1.54) is 12.1 Å². The van der Waals surface area contributed by atoms with E-state index in [0.717, 1.165) is 6.42 Å². The molecule has 0 saturated carbocycles. The standard InChI is InChI=1S/C17H22FNO2/c1-4-16(12(2)3)19-17(21)14-9-8-13(11-15(14)18)7-5-6-10-20/h8-9,11-12,16,20H,4,6,10H2,1-3H3,(H,19,21). The van der Waals surface area contributed by atoms with Gasteiger partial charge >= 0.3 is 0 Å². The highest BCUT2D eigenvalue weighted by atomic mass is 19.1. The van der Waals surface area contributed by atoms with Crippen molar-refractivity contribution in [2.75, 3.05) is 6.61 Å². The maximum atomic E-state index is 14.0. The molecule has 0 fully saturated rings. The maximum absolute atomic E-state index is 14.0. The molecule has 0 saturated heterocycles. The van der Waals surface area contributed by atoms with Gasteiger partial charge in [-0.25, -0.2) is 4.39 Å². The maximum Gasteiger partial charge on any atom is 0.254 e. The molecule has 0 aromatic heterocycles. The average molecular weight is 291 g/mol. The summed E-state index contributed by atoms with van der Waals surface area (Å²) in [6.45, 7) is 6.00. The van der Waals surface area contributed by atoms with Crippen LogP contribution in [0.1, 0.15) is 49.5 Å². The summed E-state index contributed by atoms with van der Waals surface area (Å²) in [4.78, 5) is 12.1. The van der Waals surface area contributed by atoms with E-state index in [1.54, 1.807) is 6.07 Å². The summed E-state index contributed by atoms with van der Waals surface area (Å²) in [6, 6.07) is 4.33. The minimum atomic E-state index is -0.582. The monoisotopic (exact) mass is 291 g/mol. The smallest absolute Gasteiger partial charge is 0.254 e. The van der Waals surface area contributed by atoms with E-state index in [4.69, 9.17) is 5.11 Å². The number of aliphatic hydroxyl groups is 1. The van der Waals surface area contributed by atoms with E-state index in [0.29, 0.717) is 17.9 Å². The first-order valence-electron chi connectivity index (χ1n) is 7.19. The van der Waals surface area contributed by atoms with Gasteiger partial charge in [0, 0.05) is 18.0 Å². The van der Waals surface area contributed by atoms with Gasteiger partial charge in [-0.3, -0.25) is 4.79 Å². The van der Waals surface area contributed by atoms with Gasteiger partial charge in [-0.2, -0.15) is 0 Å². The highest BCUT2D eigenvalue weighted by Gasteiger charge is 2.17. The zero-order valence-electron chi connectivity index (χ0n) is 12.7. The molecule has 1 rings (SSSR count). The third-order valence-corrected chi connectivity index (χ3v) is 3.24. The van der Waals surface area contributed by atoms with Crippen molar-refractivity contribution in [3.63, 3.8) is 0 Å². The van der Waals surface area contributed by atoms with Crippen molar-refractivity contribution in [1.82, 2.24) is 5.32 Å². The molecule has 2 N–H and O–H groups in total. The Hall–Kier alpha value is -1.86. The molecule has 1 aromatic rings. The molecule has 3 nitrogen and oxygen atoms in total. The van der Waals surface area contributed by atoms with Gasteiger partial charge in [0.1, 0.15) is 5.82 Å². The van der Waals surface area contributed by atoms with Crippen LogP contribution in [0.3, 0.4) is 0 Å². The first kappa shape index (κ1) is 17.2. The van der Waals surface area contributed by atoms with Crippen molar-refractivity contribution < 1.29 is 14.3 Å². The van der Waals surface area contributed by atoms with Crippen molar-refractivity contribution in [2.45, 2.75) is 39.7 Å². The van der Waals surface area contributed by atoms with Crippen molar-refractivity contribution in [3.8, 4) is 11.8 Å². The Balaban J connectivity index is 2.85. The summed E-state index contributed by atoms with van der Waals surface area (Å²) in [6.07, 6.45) is 1.15. The van der Waals surface area contributed by atoms with Gasteiger partial charge in [0.25, 0.3) is 5.91 Å². The van der Waals surface area contributed by atoms with Crippen LogP contribution < -0.4 is 5.32 Å². The predicted octanol–water partition coefficient (Wildman–Crippen LogP) is 2.72. The molecule has 1 atom stereocenters. The second-order valence-electron chi connectivity index (χ2n) is 5.20. The molecule has 0 aliphatic carbocycles. The lowest BCUT2D eigenvalue weighted by molar-refractivity contribution is 0.0920. The molecule has 4 heteroatoms. The molecular formula is C17H22FNO2. The van der Waals surface area contributed by atoms with Crippen LogP contribution in [0.25, 0.3) is 0 Å². The molecule has 0 radical (unpaired) electrons. The largest absolute Gasteiger partial charge is 0.395 e. The SMILES string of the molecule is CCC(NC(=O)c1ccc(C#CCCO)cc1F)C(C)C. The number of nitrogens with one attached hydrogen (secondary N) is 1. The minimum Gasteiger partial charge on any atom is -0.395 e. The Kier molecular flexibility index (Phi) is 6.90. The normalized spacial score (nSPS) is 11.7. The summed E-state index contributed by atoms with van der Waals surface area (Å²) in [5.74, 6) is 4.77. The Morgan fingerprint density at radius 1 is 1.43 bits per heavy atom. The lowest BCUT2D eigenvalue weighted by Gasteiger charge is -2.20. The fourth-order valence-corrected chi connectivity index (χ4v) is 1.98. The average Bonchev–Trinajstić information content (AvgIpc) is 2.44. The number of aliphatic hydroxyl groups excluding tert-OH is 1. The molecular weight excluding hydrogens is 269 g/mol. The van der Waals surface area contributed by atoms with E-state index in [2.05, 4.69) is 17.2 Å². The number of amides is 1. The predicted molar refractivity (Wildman–Crippen MR) is 81.4 cm³/mol. The molecule has 114 valence electrons. The van der Waals surface area contributed by atoms with Crippen LogP contribution in [-0.2, 0) is 0 Å². The van der Waals surface area contributed by atoms with Crippen LogP contribution in [0.15, 0.2) is 18.2 Å². The lowest BCUT2D eigenvalue weighted by Crippen LogP contribution is -2.38. The van der Waals surface area contributed by atoms with Crippen LogP contribution in [0.2, 0.25) is 0 Å². The van der Waals surface area contributed by atoms with Crippen molar-refractivity contribution >= 4 is 5.91 Å². The molecule has 1 amide bonds. The van der Waals surface area contributed by atoms with Gasteiger partial charge in [0.05, 0.1) is 12.2 Å². The van der Waals surface area contributed by atoms with E-state index in [9.17, 15) is 9.18 Å². The molecule has 0 heterocycles. The number of rotatable bonds is 5. The minimum absolute atomic E-state index is 0.0242. The second kappa shape index (κ2) is 8.43. The van der Waals surface area contributed by atoms with E-state index >= 15 is 0 Å². The summed E-state index contributed by atoms with van der Waals surface area (Å²) >= 11 is 0. The van der Waals surface area contributed by atoms with Gasteiger partial charge in [0.2, 0.25) is 0 Å². The van der Waals surface area contributed by atoms with Gasteiger partial charge in [-0.15, -0.1) is 0 Å². The lowest BCUT2D eigenvalue weighted by atomic mass is 10.0. The Morgan fingerprint density at radius 3 is 2.67 bits per heavy atom. The van der Waals surface area contributed by atoms with Gasteiger partial charge in [0.15, 0.2) is 0 Å². The van der Waals surface area contributed by atoms with Crippen molar-refractivity contribution in [1.29, 1.82) is 0 Å². The quantitative estimate of drug-likeness (QED) is 0.820. The zero-order valence-corrected chi connectivity index (χ0v) is 12.7. The first-order chi connectivity index (χ1) is 9.99. The van der Waals surface area contributed by atoms with Crippen molar-refractivity contribution in [2.24, 2.45) is 5.92 Å². The number of benzene rings is 1. The van der Waals surface area contributed by atoms with E-state index in [-0.39, 0.29) is 18.2 Å². The van der Waals surface area contributed by atoms with Crippen LogP contribution in [-0.4, -0.2) is 23.7 Å². The van der Waals surface area contributed by atoms with Crippen LogP contribution in [0.5, 0.6) is 0 Å². The number of carbonyl (C=O) groups excluding carboxylic acids is 1.